The number of rotatable bonds is 4. The normalized spacial score (nSPS) is 16.1. The van der Waals surface area contributed by atoms with Crippen LogP contribution in [-0.4, -0.2) is 14.1 Å². The topological polar surface area (TPSA) is 82.4 Å². The first kappa shape index (κ1) is 26.4. The van der Waals surface area contributed by atoms with E-state index in [-0.39, 0.29) is 17.3 Å². The number of allylic oxidation sites excluding steroid dienone is 1. The third-order valence-electron chi connectivity index (χ3n) is 8.15. The van der Waals surface area contributed by atoms with Crippen molar-refractivity contribution in [1.82, 2.24) is 9.13 Å². The van der Waals surface area contributed by atoms with Gasteiger partial charge in [-0.25, -0.2) is 4.99 Å². The highest BCUT2D eigenvalue weighted by Crippen LogP contribution is 2.42. The van der Waals surface area contributed by atoms with Crippen molar-refractivity contribution in [3.8, 4) is 5.69 Å². The lowest BCUT2D eigenvalue weighted by Crippen LogP contribution is -2.38. The minimum Gasteiger partial charge on any atom is -0.318 e. The number of hydrogen-bond acceptors (Lipinski definition) is 5. The highest BCUT2D eigenvalue weighted by Gasteiger charge is 2.33. The van der Waals surface area contributed by atoms with Gasteiger partial charge in [-0.3, -0.25) is 19.5 Å². The van der Waals surface area contributed by atoms with Gasteiger partial charge in [0.05, 0.1) is 21.2 Å². The average molecular weight is 593 g/mol. The number of halogens is 1. The standard InChI is InChI=1S/C33H25ClN4O3S/c1-19-17-22(20(2)36(19)23-12-14-24(15-13-23)38(40)41)18-29-32(39)37-31(26-9-5-6-10-28(26)34)27-16-11-21-7-3-4-8-25(21)30(27)35-33(37)42-29/h3-10,12-15,17-18,31H,11,16H2,1-2H3/b29-18-/t31-/m1/s1. The number of hydrogen-bond donors (Lipinski definition) is 0. The summed E-state index contributed by atoms with van der Waals surface area (Å²) in [6, 6.07) is 24.2. The van der Waals surface area contributed by atoms with E-state index in [9.17, 15) is 14.9 Å². The Hall–Kier alpha value is -4.53. The lowest BCUT2D eigenvalue weighted by Gasteiger charge is -2.31. The number of non-ortho nitro benzene ring substituents is 1. The van der Waals surface area contributed by atoms with Crippen molar-refractivity contribution in [3.63, 3.8) is 0 Å². The second-order valence-corrected chi connectivity index (χ2v) is 12.0. The minimum absolute atomic E-state index is 0.0425. The molecule has 7 nitrogen and oxygen atoms in total. The van der Waals surface area contributed by atoms with Crippen LogP contribution in [0.25, 0.3) is 17.5 Å². The van der Waals surface area contributed by atoms with E-state index in [0.29, 0.717) is 14.4 Å². The van der Waals surface area contributed by atoms with Crippen molar-refractivity contribution < 1.29 is 4.92 Å². The number of aromatic nitrogens is 2. The molecule has 3 heterocycles. The molecule has 0 amide bonds. The number of thiazole rings is 1. The zero-order chi connectivity index (χ0) is 29.1. The molecule has 9 heteroatoms. The molecule has 0 radical (unpaired) electrons. The molecule has 0 N–H and O–H groups in total. The number of fused-ring (bicyclic) bond motifs is 3. The smallest absolute Gasteiger partial charge is 0.271 e. The Morgan fingerprint density at radius 3 is 2.52 bits per heavy atom. The third kappa shape index (κ3) is 4.18. The summed E-state index contributed by atoms with van der Waals surface area (Å²) in [6.45, 7) is 3.97. The molecule has 0 spiro atoms. The molecule has 0 fully saturated rings. The maximum atomic E-state index is 14.2. The molecule has 1 aliphatic carbocycles. The number of benzene rings is 3. The number of aryl methyl sites for hydroxylation is 2. The van der Waals surface area contributed by atoms with E-state index in [1.807, 2.05) is 60.9 Å². The van der Waals surface area contributed by atoms with Crippen LogP contribution in [0.1, 0.15) is 46.1 Å². The molecule has 0 unspecified atom stereocenters. The second kappa shape index (κ2) is 10.1. The second-order valence-electron chi connectivity index (χ2n) is 10.6. The Balaban J connectivity index is 1.41. The molecular weight excluding hydrogens is 568 g/mol. The van der Waals surface area contributed by atoms with Gasteiger partial charge in [0.2, 0.25) is 0 Å². The van der Waals surface area contributed by atoms with Crippen LogP contribution in [0.5, 0.6) is 0 Å². The fourth-order valence-corrected chi connectivity index (χ4v) is 7.42. The number of nitrogens with zero attached hydrogens (tertiary/aromatic N) is 4. The van der Waals surface area contributed by atoms with E-state index in [1.165, 1.54) is 29.0 Å². The van der Waals surface area contributed by atoms with Crippen LogP contribution in [0.3, 0.4) is 0 Å². The van der Waals surface area contributed by atoms with Crippen LogP contribution in [0.4, 0.5) is 5.69 Å². The molecule has 2 aromatic heterocycles. The predicted octanol–water partition coefficient (Wildman–Crippen LogP) is 6.29. The van der Waals surface area contributed by atoms with Gasteiger partial charge in [0.15, 0.2) is 4.80 Å². The van der Waals surface area contributed by atoms with E-state index in [0.717, 1.165) is 57.9 Å². The zero-order valence-corrected chi connectivity index (χ0v) is 24.4. The van der Waals surface area contributed by atoms with Crippen LogP contribution in [0.2, 0.25) is 5.02 Å². The van der Waals surface area contributed by atoms with Gasteiger partial charge in [0.25, 0.3) is 11.2 Å². The SMILES string of the molecule is Cc1cc(/C=c2\sc3n(c2=O)[C@H](c2ccccc2Cl)C2=C(N=3)c3ccccc3CC2)c(C)n1-c1ccc([N+](=O)[O-])cc1. The highest BCUT2D eigenvalue weighted by atomic mass is 35.5. The summed E-state index contributed by atoms with van der Waals surface area (Å²) in [4.78, 5) is 30.6. The number of nitro benzene ring substituents is 1. The van der Waals surface area contributed by atoms with Crippen LogP contribution < -0.4 is 14.9 Å². The Kier molecular flexibility index (Phi) is 6.33. The van der Waals surface area contributed by atoms with Crippen molar-refractivity contribution in [3.05, 3.63) is 153 Å². The predicted molar refractivity (Wildman–Crippen MR) is 166 cm³/mol. The van der Waals surface area contributed by atoms with Gasteiger partial charge in [-0.2, -0.15) is 0 Å². The monoisotopic (exact) mass is 592 g/mol. The van der Waals surface area contributed by atoms with Gasteiger partial charge in [0.1, 0.15) is 0 Å². The molecule has 0 saturated heterocycles. The molecule has 42 heavy (non-hydrogen) atoms. The molecule has 0 saturated carbocycles. The maximum Gasteiger partial charge on any atom is 0.271 e. The summed E-state index contributed by atoms with van der Waals surface area (Å²) in [5.74, 6) is 0. The largest absolute Gasteiger partial charge is 0.318 e. The van der Waals surface area contributed by atoms with Crippen molar-refractivity contribution in [2.75, 3.05) is 0 Å². The molecule has 3 aromatic carbocycles. The van der Waals surface area contributed by atoms with Crippen molar-refractivity contribution in [2.45, 2.75) is 32.7 Å². The van der Waals surface area contributed by atoms with E-state index < -0.39 is 4.92 Å². The van der Waals surface area contributed by atoms with Crippen molar-refractivity contribution in [1.29, 1.82) is 0 Å². The quantitative estimate of drug-likeness (QED) is 0.182. The third-order valence-corrected chi connectivity index (χ3v) is 9.48. The Morgan fingerprint density at radius 1 is 1.02 bits per heavy atom. The van der Waals surface area contributed by atoms with Crippen LogP contribution >= 0.6 is 22.9 Å². The van der Waals surface area contributed by atoms with Crippen molar-refractivity contribution >= 4 is 40.4 Å². The van der Waals surface area contributed by atoms with E-state index >= 15 is 0 Å². The summed E-state index contributed by atoms with van der Waals surface area (Å²) >= 11 is 8.14. The molecule has 208 valence electrons. The van der Waals surface area contributed by atoms with E-state index in [1.54, 1.807) is 16.7 Å². The molecule has 7 rings (SSSR count). The van der Waals surface area contributed by atoms with Gasteiger partial charge in [0, 0.05) is 39.8 Å². The van der Waals surface area contributed by atoms with E-state index in [4.69, 9.17) is 16.6 Å². The van der Waals surface area contributed by atoms with E-state index in [2.05, 4.69) is 18.2 Å². The summed E-state index contributed by atoms with van der Waals surface area (Å²) < 4.78 is 4.43. The van der Waals surface area contributed by atoms with Crippen LogP contribution in [-0.2, 0) is 6.42 Å². The van der Waals surface area contributed by atoms with Crippen LogP contribution in [0, 0.1) is 24.0 Å². The fourth-order valence-electron chi connectivity index (χ4n) is 6.19. The maximum absolute atomic E-state index is 14.2. The highest BCUT2D eigenvalue weighted by molar-refractivity contribution is 7.07. The van der Waals surface area contributed by atoms with Gasteiger partial charge >= 0.3 is 0 Å². The summed E-state index contributed by atoms with van der Waals surface area (Å²) in [7, 11) is 0. The average Bonchev–Trinajstić information content (AvgIpc) is 3.45. The molecule has 5 aromatic rings. The molecule has 1 aliphatic heterocycles. The van der Waals surface area contributed by atoms with Gasteiger partial charge in [-0.1, -0.05) is 65.4 Å². The summed E-state index contributed by atoms with van der Waals surface area (Å²) in [6.07, 6.45) is 3.60. The van der Waals surface area contributed by atoms with Crippen molar-refractivity contribution in [2.24, 2.45) is 4.99 Å². The Labute approximate surface area is 250 Å². The molecule has 2 aliphatic rings. The summed E-state index contributed by atoms with van der Waals surface area (Å²) in [5.41, 5.74) is 8.87. The Bertz CT molecular complexity index is 2140. The fraction of sp³-hybridized carbons (Fsp3) is 0.152. The first-order chi connectivity index (χ1) is 20.3. The lowest BCUT2D eigenvalue weighted by molar-refractivity contribution is -0.384. The first-order valence-electron chi connectivity index (χ1n) is 13.6. The Morgan fingerprint density at radius 2 is 1.76 bits per heavy atom. The molecular formula is C33H25ClN4O3S. The summed E-state index contributed by atoms with van der Waals surface area (Å²) in [5, 5.41) is 11.7. The number of nitro groups is 1. The molecule has 1 atom stereocenters. The van der Waals surface area contributed by atoms with Gasteiger partial charge < -0.3 is 4.57 Å². The van der Waals surface area contributed by atoms with Gasteiger partial charge in [-0.15, -0.1) is 0 Å². The zero-order valence-electron chi connectivity index (χ0n) is 22.9. The molecule has 0 bridgehead atoms. The van der Waals surface area contributed by atoms with Gasteiger partial charge in [-0.05, 0) is 79.3 Å². The lowest BCUT2D eigenvalue weighted by atomic mass is 9.83. The van der Waals surface area contributed by atoms with Crippen LogP contribution in [0.15, 0.2) is 94.2 Å². The first-order valence-corrected chi connectivity index (χ1v) is 14.8. The minimum atomic E-state index is -0.406.